The first-order chi connectivity index (χ1) is 8.78. The van der Waals surface area contributed by atoms with Crippen molar-refractivity contribution >= 4 is 18.0 Å². The van der Waals surface area contributed by atoms with Gasteiger partial charge in [-0.25, -0.2) is 4.79 Å². The number of rotatable bonds is 4. The number of amides is 1. The second-order valence-electron chi connectivity index (χ2n) is 5.54. The highest BCUT2D eigenvalue weighted by molar-refractivity contribution is 5.95. The van der Waals surface area contributed by atoms with Gasteiger partial charge in [0.2, 0.25) is 0 Å². The van der Waals surface area contributed by atoms with E-state index in [1.54, 1.807) is 24.3 Å². The van der Waals surface area contributed by atoms with Gasteiger partial charge < -0.3 is 10.4 Å². The van der Waals surface area contributed by atoms with E-state index in [-0.39, 0.29) is 11.3 Å². The molecule has 0 aliphatic heterocycles. The van der Waals surface area contributed by atoms with E-state index in [1.807, 2.05) is 20.8 Å². The summed E-state index contributed by atoms with van der Waals surface area (Å²) in [6, 6.07) is 6.85. The van der Waals surface area contributed by atoms with Crippen molar-refractivity contribution in [2.75, 3.05) is 6.54 Å². The number of nitrogens with one attached hydrogen (secondary N) is 1. The van der Waals surface area contributed by atoms with Gasteiger partial charge in [0.05, 0.1) is 0 Å². The van der Waals surface area contributed by atoms with E-state index in [2.05, 4.69) is 5.32 Å². The van der Waals surface area contributed by atoms with Crippen molar-refractivity contribution in [1.82, 2.24) is 5.32 Å². The summed E-state index contributed by atoms with van der Waals surface area (Å²) in [5.41, 5.74) is 1.24. The molecule has 0 aliphatic carbocycles. The summed E-state index contributed by atoms with van der Waals surface area (Å²) in [5, 5.41) is 11.4. The van der Waals surface area contributed by atoms with Crippen molar-refractivity contribution in [3.8, 4) is 0 Å². The first-order valence-electron chi connectivity index (χ1n) is 6.07. The van der Waals surface area contributed by atoms with Gasteiger partial charge in [-0.1, -0.05) is 32.9 Å². The Balaban J connectivity index is 2.76. The molecule has 2 N–H and O–H groups in total. The summed E-state index contributed by atoms with van der Waals surface area (Å²) in [6.45, 7) is 6.71. The minimum Gasteiger partial charge on any atom is -0.478 e. The Morgan fingerprint density at radius 3 is 2.58 bits per heavy atom. The minimum absolute atomic E-state index is 0.0243. The molecule has 0 aliphatic rings. The summed E-state index contributed by atoms with van der Waals surface area (Å²) in [6.07, 6.45) is 2.51. The van der Waals surface area contributed by atoms with Crippen LogP contribution in [-0.4, -0.2) is 23.5 Å². The molecule has 0 heterocycles. The van der Waals surface area contributed by atoms with E-state index < -0.39 is 5.97 Å². The first kappa shape index (κ1) is 15.0. The highest BCUT2D eigenvalue weighted by atomic mass is 16.4. The Morgan fingerprint density at radius 2 is 2.00 bits per heavy atom. The third kappa shape index (κ3) is 5.86. The average Bonchev–Trinajstić information content (AvgIpc) is 2.33. The fraction of sp³-hybridized carbons (Fsp3) is 0.333. The van der Waals surface area contributed by atoms with Gasteiger partial charge in [-0.15, -0.1) is 0 Å². The van der Waals surface area contributed by atoms with Crippen LogP contribution >= 0.6 is 0 Å². The zero-order valence-corrected chi connectivity index (χ0v) is 11.4. The van der Waals surface area contributed by atoms with E-state index in [9.17, 15) is 9.59 Å². The number of benzene rings is 1. The highest BCUT2D eigenvalue weighted by Crippen LogP contribution is 2.12. The second-order valence-corrected chi connectivity index (χ2v) is 5.54. The van der Waals surface area contributed by atoms with Crippen LogP contribution in [0, 0.1) is 5.41 Å². The molecule has 1 amide bonds. The summed E-state index contributed by atoms with van der Waals surface area (Å²) < 4.78 is 0. The van der Waals surface area contributed by atoms with Crippen LogP contribution < -0.4 is 5.32 Å². The summed E-state index contributed by atoms with van der Waals surface area (Å²) in [5.74, 6) is -1.16. The minimum atomic E-state index is -1.01. The highest BCUT2D eigenvalue weighted by Gasteiger charge is 2.12. The van der Waals surface area contributed by atoms with Crippen molar-refractivity contribution in [3.05, 3.63) is 41.5 Å². The van der Waals surface area contributed by atoms with Crippen molar-refractivity contribution in [3.63, 3.8) is 0 Å². The van der Waals surface area contributed by atoms with E-state index in [0.717, 1.165) is 6.08 Å². The molecule has 0 radical (unpaired) electrons. The smallest absolute Gasteiger partial charge is 0.328 e. The quantitative estimate of drug-likeness (QED) is 0.819. The van der Waals surface area contributed by atoms with Gasteiger partial charge in [-0.3, -0.25) is 4.79 Å². The number of carboxylic acid groups (broad SMARTS) is 1. The molecule has 19 heavy (non-hydrogen) atoms. The lowest BCUT2D eigenvalue weighted by Crippen LogP contribution is -2.32. The number of carboxylic acids is 1. The molecule has 0 bridgehead atoms. The number of hydrogen-bond donors (Lipinski definition) is 2. The third-order valence-corrected chi connectivity index (χ3v) is 2.35. The average molecular weight is 261 g/mol. The van der Waals surface area contributed by atoms with Crippen LogP contribution in [0.2, 0.25) is 0 Å². The Morgan fingerprint density at radius 1 is 1.32 bits per heavy atom. The Bertz CT molecular complexity index is 498. The molecule has 4 nitrogen and oxygen atoms in total. The maximum Gasteiger partial charge on any atom is 0.328 e. The third-order valence-electron chi connectivity index (χ3n) is 2.35. The fourth-order valence-corrected chi connectivity index (χ4v) is 1.40. The monoisotopic (exact) mass is 261 g/mol. The molecule has 0 spiro atoms. The molecule has 0 atom stereocenters. The number of carbonyl (C=O) groups excluding carboxylic acids is 1. The molecular weight excluding hydrogens is 242 g/mol. The summed E-state index contributed by atoms with van der Waals surface area (Å²) in [4.78, 5) is 22.4. The molecule has 0 saturated heterocycles. The van der Waals surface area contributed by atoms with Crippen LogP contribution in [0.5, 0.6) is 0 Å². The lowest BCUT2D eigenvalue weighted by Gasteiger charge is -2.18. The van der Waals surface area contributed by atoms with Gasteiger partial charge in [-0.2, -0.15) is 0 Å². The Labute approximate surface area is 113 Å². The maximum atomic E-state index is 11.9. The molecule has 102 valence electrons. The molecule has 1 aromatic rings. The maximum absolute atomic E-state index is 11.9. The standard InChI is InChI=1S/C15H19NO3/c1-15(2,3)10-16-14(19)12-6-4-5-11(9-12)7-8-13(17)18/h4-9H,10H2,1-3H3,(H,16,19)(H,17,18). The molecule has 1 aromatic carbocycles. The van der Waals surface area contributed by atoms with Gasteiger partial charge >= 0.3 is 5.97 Å². The normalized spacial score (nSPS) is 11.5. The Hall–Kier alpha value is -2.10. The van der Waals surface area contributed by atoms with Crippen molar-refractivity contribution in [1.29, 1.82) is 0 Å². The van der Waals surface area contributed by atoms with Gasteiger partial charge in [-0.05, 0) is 29.2 Å². The predicted octanol–water partition coefficient (Wildman–Crippen LogP) is 2.56. The zero-order chi connectivity index (χ0) is 14.5. The van der Waals surface area contributed by atoms with Crippen LogP contribution in [0.4, 0.5) is 0 Å². The lowest BCUT2D eigenvalue weighted by atomic mass is 9.97. The van der Waals surface area contributed by atoms with E-state index >= 15 is 0 Å². The lowest BCUT2D eigenvalue weighted by molar-refractivity contribution is -0.131. The second kappa shape index (κ2) is 6.18. The van der Waals surface area contributed by atoms with Crippen LogP contribution in [0.15, 0.2) is 30.3 Å². The largest absolute Gasteiger partial charge is 0.478 e. The van der Waals surface area contributed by atoms with Crippen LogP contribution in [0.1, 0.15) is 36.7 Å². The zero-order valence-electron chi connectivity index (χ0n) is 11.4. The molecule has 0 unspecified atom stereocenters. The first-order valence-corrected chi connectivity index (χ1v) is 6.07. The molecule has 0 saturated carbocycles. The molecule has 0 aromatic heterocycles. The van der Waals surface area contributed by atoms with E-state index in [4.69, 9.17) is 5.11 Å². The number of aliphatic carboxylic acids is 1. The molecule has 4 heteroatoms. The summed E-state index contributed by atoms with van der Waals surface area (Å²) in [7, 11) is 0. The SMILES string of the molecule is CC(C)(C)CNC(=O)c1cccc(C=CC(=O)O)c1. The Kier molecular flexibility index (Phi) is 4.87. The van der Waals surface area contributed by atoms with Crippen LogP contribution in [-0.2, 0) is 4.79 Å². The molecular formula is C15H19NO3. The van der Waals surface area contributed by atoms with Crippen LogP contribution in [0.25, 0.3) is 6.08 Å². The number of carbonyl (C=O) groups is 2. The van der Waals surface area contributed by atoms with Gasteiger partial charge in [0.15, 0.2) is 0 Å². The van der Waals surface area contributed by atoms with Crippen molar-refractivity contribution in [2.45, 2.75) is 20.8 Å². The van der Waals surface area contributed by atoms with Gasteiger partial charge in [0.25, 0.3) is 5.91 Å². The molecule has 1 rings (SSSR count). The number of hydrogen-bond acceptors (Lipinski definition) is 2. The van der Waals surface area contributed by atoms with Gasteiger partial charge in [0.1, 0.15) is 0 Å². The topological polar surface area (TPSA) is 66.4 Å². The fourth-order valence-electron chi connectivity index (χ4n) is 1.40. The van der Waals surface area contributed by atoms with Crippen molar-refractivity contribution in [2.24, 2.45) is 5.41 Å². The van der Waals surface area contributed by atoms with E-state index in [0.29, 0.717) is 17.7 Å². The molecule has 0 fully saturated rings. The van der Waals surface area contributed by atoms with Gasteiger partial charge in [0, 0.05) is 18.2 Å². The van der Waals surface area contributed by atoms with E-state index in [1.165, 1.54) is 6.08 Å². The van der Waals surface area contributed by atoms with Crippen LogP contribution in [0.3, 0.4) is 0 Å². The predicted molar refractivity (Wildman–Crippen MR) is 74.9 cm³/mol. The van der Waals surface area contributed by atoms with Crippen molar-refractivity contribution < 1.29 is 14.7 Å². The summed E-state index contributed by atoms with van der Waals surface area (Å²) >= 11 is 0.